The first-order valence-electron chi connectivity index (χ1n) is 23.9. The fourth-order valence-corrected chi connectivity index (χ4v) is 11.7. The Hall–Kier alpha value is -5.68. The Labute approximate surface area is 402 Å². The van der Waals surface area contributed by atoms with Crippen LogP contribution >= 0.6 is 11.6 Å². The third kappa shape index (κ3) is 9.65. The molecule has 0 unspecified atom stereocenters. The first-order chi connectivity index (χ1) is 32.7. The summed E-state index contributed by atoms with van der Waals surface area (Å²) in [6.45, 7) is 11.5. The zero-order chi connectivity index (χ0) is 47.2. The van der Waals surface area contributed by atoms with Crippen LogP contribution < -0.4 is 24.6 Å². The number of carbonyl (C=O) groups excluding carboxylic acids is 1. The van der Waals surface area contributed by atoms with Crippen LogP contribution in [0.15, 0.2) is 89.5 Å². The van der Waals surface area contributed by atoms with E-state index in [1.54, 1.807) is 6.07 Å². The van der Waals surface area contributed by atoms with Crippen LogP contribution in [-0.4, -0.2) is 99.8 Å². The minimum absolute atomic E-state index is 0.138. The molecule has 1 saturated carbocycles. The molecule has 1 spiro atoms. The van der Waals surface area contributed by atoms with Gasteiger partial charge in [-0.15, -0.1) is 0 Å². The summed E-state index contributed by atoms with van der Waals surface area (Å²) < 4.78 is 42.4. The molecule has 3 aliphatic heterocycles. The number of aromatic nitrogens is 2. The Morgan fingerprint density at radius 2 is 1.75 bits per heavy atom. The van der Waals surface area contributed by atoms with E-state index in [9.17, 15) is 23.3 Å². The summed E-state index contributed by atoms with van der Waals surface area (Å²) in [6, 6.07) is 21.4. The Balaban J connectivity index is 0.950. The monoisotopic (exact) mass is 962 g/mol. The first-order valence-corrected chi connectivity index (χ1v) is 25.7. The standard InChI is InChI=1S/C51H59ClN8O7S/c1-50(2)18-12-37(42(29-50)35-4-6-38(52)7-5-35)31-57-20-22-58(23-21-57)39-8-10-41(44(27-39)59-32-51(16-3-17-51)33-67-49-46(59)26-36-13-19-53-47(36)55-49)48(61)56-68(64,65)40-9-11-43(45(28-40)60(62)63)54-30-34-14-24-66-25-15-34/h4-11,13,19,26-28,34,54H,3,12,14-18,20-25,29-33H2,1-2H3,(H,53,55)(H,56,61). The number of hydrogen-bond donors (Lipinski definition) is 3. The molecule has 0 radical (unpaired) electrons. The Morgan fingerprint density at radius 3 is 2.49 bits per heavy atom. The van der Waals surface area contributed by atoms with E-state index in [4.69, 9.17) is 26.1 Å². The number of halogens is 1. The number of rotatable bonds is 12. The molecule has 0 bridgehead atoms. The van der Waals surface area contributed by atoms with Crippen LogP contribution in [0.1, 0.15) is 81.1 Å². The summed E-state index contributed by atoms with van der Waals surface area (Å²) in [4.78, 5) is 40.9. The molecule has 5 heterocycles. The Bertz CT molecular complexity index is 2870. The minimum atomic E-state index is -4.58. The number of aromatic amines is 1. The van der Waals surface area contributed by atoms with Gasteiger partial charge in [0.25, 0.3) is 21.6 Å². The summed E-state index contributed by atoms with van der Waals surface area (Å²) in [5.41, 5.74) is 6.90. The fraction of sp³-hybridized carbons (Fsp3) is 0.451. The van der Waals surface area contributed by atoms with Crippen LogP contribution in [0, 0.1) is 26.9 Å². The van der Waals surface area contributed by atoms with Gasteiger partial charge in [-0.25, -0.2) is 13.1 Å². The van der Waals surface area contributed by atoms with Gasteiger partial charge in [-0.2, -0.15) is 4.98 Å². The van der Waals surface area contributed by atoms with E-state index in [2.05, 4.69) is 55.7 Å². The van der Waals surface area contributed by atoms with Gasteiger partial charge in [0.2, 0.25) is 5.88 Å². The van der Waals surface area contributed by atoms with Crippen molar-refractivity contribution in [3.63, 3.8) is 0 Å². The van der Waals surface area contributed by atoms with E-state index in [0.29, 0.717) is 55.8 Å². The van der Waals surface area contributed by atoms with Gasteiger partial charge in [0, 0.05) is 92.8 Å². The van der Waals surface area contributed by atoms with Gasteiger partial charge in [-0.05, 0) is 122 Å². The number of allylic oxidation sites excluding steroid dienone is 1. The number of ether oxygens (including phenoxy) is 2. The molecule has 5 aliphatic rings. The normalized spacial score (nSPS) is 19.8. The number of H-pyrrole nitrogens is 1. The van der Waals surface area contributed by atoms with Gasteiger partial charge in [0.05, 0.1) is 27.7 Å². The number of piperazine rings is 1. The number of fused-ring (bicyclic) bond motifs is 2. The van der Waals surface area contributed by atoms with Crippen LogP contribution in [-0.2, 0) is 14.8 Å². The molecule has 0 atom stereocenters. The highest BCUT2D eigenvalue weighted by Gasteiger charge is 2.44. The van der Waals surface area contributed by atoms with Gasteiger partial charge in [0.1, 0.15) is 17.0 Å². The lowest BCUT2D eigenvalue weighted by atomic mass is 9.69. The van der Waals surface area contributed by atoms with E-state index >= 15 is 0 Å². The van der Waals surface area contributed by atoms with Gasteiger partial charge >= 0.3 is 0 Å². The quantitative estimate of drug-likeness (QED) is 0.0799. The molecule has 68 heavy (non-hydrogen) atoms. The summed E-state index contributed by atoms with van der Waals surface area (Å²) in [5, 5.41) is 17.0. The van der Waals surface area contributed by atoms with Crippen LogP contribution in [0.4, 0.5) is 28.4 Å². The minimum Gasteiger partial charge on any atom is -0.475 e. The number of carbonyl (C=O) groups is 1. The molecule has 1 amide bonds. The second-order valence-electron chi connectivity index (χ2n) is 20.2. The average molecular weight is 964 g/mol. The molecule has 2 saturated heterocycles. The molecule has 17 heteroatoms. The van der Waals surface area contributed by atoms with E-state index in [1.165, 1.54) is 28.8 Å². The highest BCUT2D eigenvalue weighted by atomic mass is 35.5. The first kappa shape index (κ1) is 46.1. The van der Waals surface area contributed by atoms with Crippen LogP contribution in [0.2, 0.25) is 5.02 Å². The maximum Gasteiger partial charge on any atom is 0.293 e. The van der Waals surface area contributed by atoms with E-state index < -0.39 is 26.5 Å². The van der Waals surface area contributed by atoms with Gasteiger partial charge in [-0.3, -0.25) is 19.8 Å². The van der Waals surface area contributed by atoms with Crippen molar-refractivity contribution >= 4 is 72.6 Å². The highest BCUT2D eigenvalue weighted by molar-refractivity contribution is 7.90. The lowest BCUT2D eigenvalue weighted by Crippen LogP contribution is -2.47. The smallest absolute Gasteiger partial charge is 0.293 e. The van der Waals surface area contributed by atoms with Crippen LogP contribution in [0.5, 0.6) is 5.88 Å². The number of nitro groups is 1. The molecular weight excluding hydrogens is 904 g/mol. The van der Waals surface area contributed by atoms with Crippen molar-refractivity contribution in [1.29, 1.82) is 0 Å². The SMILES string of the molecule is CC1(C)CCC(CN2CCN(c3ccc(C(=O)NS(=O)(=O)c4ccc(NCC5CCOCC5)c([N+](=O)[O-])c4)c(N4CC5(CCC5)COc5nc6[nH]ccc6cc54)c3)CC2)=C(c2ccc(Cl)cc2)C1. The van der Waals surface area contributed by atoms with Crippen molar-refractivity contribution < 1.29 is 27.6 Å². The molecule has 2 aliphatic carbocycles. The van der Waals surface area contributed by atoms with Gasteiger partial charge < -0.3 is 29.6 Å². The largest absolute Gasteiger partial charge is 0.475 e. The molecule has 5 aromatic rings. The van der Waals surface area contributed by atoms with Crippen molar-refractivity contribution in [3.05, 3.63) is 111 Å². The van der Waals surface area contributed by atoms with Crippen molar-refractivity contribution in [2.75, 3.05) is 80.8 Å². The third-order valence-electron chi connectivity index (χ3n) is 14.9. The number of nitrogens with zero attached hydrogens (tertiary/aromatic N) is 5. The molecule has 10 rings (SSSR count). The number of hydrogen-bond acceptors (Lipinski definition) is 12. The third-order valence-corrected chi connectivity index (χ3v) is 16.4. The van der Waals surface area contributed by atoms with E-state index in [-0.39, 0.29) is 32.9 Å². The molecule has 3 fully saturated rings. The van der Waals surface area contributed by atoms with Crippen molar-refractivity contribution in [1.82, 2.24) is 19.6 Å². The lowest BCUT2D eigenvalue weighted by Gasteiger charge is -2.43. The molecular formula is C51H59ClN8O7S. The number of pyridine rings is 1. The fourth-order valence-electron chi connectivity index (χ4n) is 10.6. The van der Waals surface area contributed by atoms with Crippen LogP contribution in [0.25, 0.3) is 16.6 Å². The summed E-state index contributed by atoms with van der Waals surface area (Å²) in [7, 11) is -4.58. The molecule has 15 nitrogen and oxygen atoms in total. The predicted octanol–water partition coefficient (Wildman–Crippen LogP) is 9.57. The summed E-state index contributed by atoms with van der Waals surface area (Å²) >= 11 is 6.29. The summed E-state index contributed by atoms with van der Waals surface area (Å²) in [6.07, 6.45) is 9.59. The Morgan fingerprint density at radius 1 is 0.971 bits per heavy atom. The number of nitrogens with one attached hydrogen (secondary N) is 3. The van der Waals surface area contributed by atoms with E-state index in [0.717, 1.165) is 106 Å². The van der Waals surface area contributed by atoms with Crippen LogP contribution in [0.3, 0.4) is 0 Å². The average Bonchev–Trinajstić information content (AvgIpc) is 3.71. The van der Waals surface area contributed by atoms with Crippen molar-refractivity contribution in [3.8, 4) is 5.88 Å². The zero-order valence-corrected chi connectivity index (χ0v) is 40.3. The number of sulfonamides is 1. The number of benzene rings is 3. The Kier molecular flexibility index (Phi) is 12.6. The number of amides is 1. The highest BCUT2D eigenvalue weighted by Crippen LogP contribution is 2.50. The maximum absolute atomic E-state index is 14.6. The zero-order valence-electron chi connectivity index (χ0n) is 38.7. The second-order valence-corrected chi connectivity index (χ2v) is 22.3. The predicted molar refractivity (Wildman–Crippen MR) is 266 cm³/mol. The molecule has 2 aromatic heterocycles. The van der Waals surface area contributed by atoms with Gasteiger partial charge in [0.15, 0.2) is 0 Å². The number of anilines is 4. The van der Waals surface area contributed by atoms with Crippen molar-refractivity contribution in [2.24, 2.45) is 16.7 Å². The number of nitro benzene ring substituents is 1. The summed E-state index contributed by atoms with van der Waals surface area (Å²) in [5.74, 6) is -0.154. The lowest BCUT2D eigenvalue weighted by molar-refractivity contribution is -0.384. The maximum atomic E-state index is 14.6. The molecule has 358 valence electrons. The van der Waals surface area contributed by atoms with E-state index in [1.807, 2.05) is 42.6 Å². The molecule has 3 N–H and O–H groups in total. The second kappa shape index (κ2) is 18.7. The van der Waals surface area contributed by atoms with Gasteiger partial charge in [-0.1, -0.05) is 49.6 Å². The molecule has 3 aromatic carbocycles. The topological polar surface area (TPSA) is 175 Å². The van der Waals surface area contributed by atoms with Crippen molar-refractivity contribution in [2.45, 2.75) is 70.1 Å².